The molecule has 0 fully saturated rings. The summed E-state index contributed by atoms with van der Waals surface area (Å²) >= 11 is 0. The van der Waals surface area contributed by atoms with Crippen molar-refractivity contribution in [1.29, 1.82) is 0 Å². The molecule has 3 atom stereocenters. The highest BCUT2D eigenvalue weighted by atomic mass is 31.2. The van der Waals surface area contributed by atoms with E-state index < -0.39 is 57.8 Å². The van der Waals surface area contributed by atoms with Gasteiger partial charge in [0, 0.05) is 12.8 Å². The molecule has 72 heavy (non-hydrogen) atoms. The number of aliphatic hydroxyl groups is 1. The SMILES string of the molecule is CC/C=C\C/C=C\C/C=C\C/C=C\C/C=C\CC(=O)OC(COC(=O)CCCCCCCCCCCCCCCCC)COP(=O)(O)OCC(CO)OC(=O)CCCCCCC/C=C\C/C=C\C/C=C\CC. The molecule has 0 aromatic heterocycles. The molecule has 0 aliphatic heterocycles. The van der Waals surface area contributed by atoms with Crippen LogP contribution in [0.3, 0.4) is 0 Å². The van der Waals surface area contributed by atoms with Crippen LogP contribution >= 0.6 is 7.82 Å². The molecule has 0 heterocycles. The van der Waals surface area contributed by atoms with Crippen LogP contribution in [0.25, 0.3) is 0 Å². The average molecular weight is 1030 g/mol. The van der Waals surface area contributed by atoms with Gasteiger partial charge in [0.25, 0.3) is 0 Å². The molecule has 12 heteroatoms. The maximum Gasteiger partial charge on any atom is 0.472 e. The number of ether oxygens (including phenoxy) is 3. The molecule has 0 saturated carbocycles. The van der Waals surface area contributed by atoms with Crippen molar-refractivity contribution in [3.05, 3.63) is 97.2 Å². The van der Waals surface area contributed by atoms with Crippen molar-refractivity contribution >= 4 is 25.7 Å². The number of aliphatic hydroxyl groups excluding tert-OH is 1. The normalized spacial score (nSPS) is 14.1. The van der Waals surface area contributed by atoms with E-state index >= 15 is 0 Å². The van der Waals surface area contributed by atoms with Gasteiger partial charge >= 0.3 is 25.7 Å². The van der Waals surface area contributed by atoms with Crippen molar-refractivity contribution in [3.63, 3.8) is 0 Å². The Labute approximate surface area is 438 Å². The molecule has 0 rings (SSSR count). The summed E-state index contributed by atoms with van der Waals surface area (Å²) < 4.78 is 39.3. The summed E-state index contributed by atoms with van der Waals surface area (Å²) in [6.45, 7) is 4.29. The van der Waals surface area contributed by atoms with Crippen molar-refractivity contribution < 1.29 is 52.2 Å². The Morgan fingerprint density at radius 1 is 0.417 bits per heavy atom. The van der Waals surface area contributed by atoms with Gasteiger partial charge < -0.3 is 24.2 Å². The number of hydrogen-bond donors (Lipinski definition) is 2. The summed E-state index contributed by atoms with van der Waals surface area (Å²) in [6, 6.07) is 0. The van der Waals surface area contributed by atoms with Gasteiger partial charge in [-0.1, -0.05) is 227 Å². The minimum absolute atomic E-state index is 0.0678. The van der Waals surface area contributed by atoms with Gasteiger partial charge in [0.2, 0.25) is 0 Å². The van der Waals surface area contributed by atoms with E-state index in [4.69, 9.17) is 23.3 Å². The number of allylic oxidation sites excluding steroid dienone is 15. The van der Waals surface area contributed by atoms with Crippen molar-refractivity contribution in [3.8, 4) is 0 Å². The fourth-order valence-electron chi connectivity index (χ4n) is 7.33. The molecule has 0 aliphatic rings. The van der Waals surface area contributed by atoms with Gasteiger partial charge in [0.05, 0.1) is 26.2 Å². The summed E-state index contributed by atoms with van der Waals surface area (Å²) in [6.07, 6.45) is 62.6. The van der Waals surface area contributed by atoms with Crippen molar-refractivity contribution in [1.82, 2.24) is 0 Å². The van der Waals surface area contributed by atoms with E-state index in [1.165, 1.54) is 70.6 Å². The second kappa shape index (κ2) is 53.7. The Balaban J connectivity index is 4.83. The Hall–Kier alpha value is -3.60. The minimum Gasteiger partial charge on any atom is -0.462 e. The standard InChI is InChI=1S/C60H101O11P/c1-4-7-10-13-16-19-22-25-28-31-34-37-40-43-46-49-58(62)67-53-57(71-60(64)51-48-45-42-39-36-33-30-27-24-21-18-15-12-9-6-3)55-69-72(65,66)68-54-56(52-61)70-59(63)50-47-44-41-38-35-32-29-26-23-20-17-14-11-8-5-2/h8-9,11-12,17-18,20-21,26-27,29-30,36,39,45,48,56-57,61H,4-7,10,13-16,19,22-25,28,31-35,37-38,40-44,46-47,49-55H2,1-3H3,(H,65,66)/b11-8-,12-9-,20-17-,21-18-,29-26-,30-27-,39-36-,48-45-. The molecule has 0 aliphatic carbocycles. The lowest BCUT2D eigenvalue weighted by atomic mass is 10.0. The monoisotopic (exact) mass is 1030 g/mol. The smallest absolute Gasteiger partial charge is 0.462 e. The Bertz CT molecular complexity index is 1580. The lowest BCUT2D eigenvalue weighted by Crippen LogP contribution is -2.30. The lowest BCUT2D eigenvalue weighted by molar-refractivity contribution is -0.160. The quantitative estimate of drug-likeness (QED) is 0.0197. The number of unbranched alkanes of at least 4 members (excludes halogenated alkanes) is 19. The number of hydrogen-bond acceptors (Lipinski definition) is 10. The minimum atomic E-state index is -4.78. The van der Waals surface area contributed by atoms with E-state index in [9.17, 15) is 28.9 Å². The maximum atomic E-state index is 12.9. The van der Waals surface area contributed by atoms with Crippen molar-refractivity contribution in [2.75, 3.05) is 26.4 Å². The first-order valence-corrected chi connectivity index (χ1v) is 29.6. The van der Waals surface area contributed by atoms with Crippen LogP contribution in [-0.4, -0.2) is 66.5 Å². The molecule has 412 valence electrons. The number of esters is 3. The molecule has 3 unspecified atom stereocenters. The van der Waals surface area contributed by atoms with Gasteiger partial charge in [0.1, 0.15) is 12.7 Å². The Kier molecular flexibility index (Phi) is 51.0. The van der Waals surface area contributed by atoms with Gasteiger partial charge in [-0.05, 0) is 77.0 Å². The van der Waals surface area contributed by atoms with Gasteiger partial charge in [0.15, 0.2) is 6.10 Å². The summed E-state index contributed by atoms with van der Waals surface area (Å²) in [7, 11) is -4.78. The summed E-state index contributed by atoms with van der Waals surface area (Å²) in [5, 5.41) is 9.80. The van der Waals surface area contributed by atoms with E-state index in [0.29, 0.717) is 19.3 Å². The molecule has 0 aromatic rings. The first-order chi connectivity index (χ1) is 35.2. The Morgan fingerprint density at radius 2 is 0.778 bits per heavy atom. The fourth-order valence-corrected chi connectivity index (χ4v) is 8.11. The number of carbonyl (C=O) groups is 3. The molecule has 0 radical (unpaired) electrons. The van der Waals surface area contributed by atoms with Crippen molar-refractivity contribution in [2.45, 2.75) is 238 Å². The number of phosphoric ester groups is 1. The van der Waals surface area contributed by atoms with Crippen LogP contribution in [0, 0.1) is 0 Å². The summed E-state index contributed by atoms with van der Waals surface area (Å²) in [4.78, 5) is 48.4. The van der Waals surface area contributed by atoms with E-state index in [-0.39, 0.29) is 25.9 Å². The summed E-state index contributed by atoms with van der Waals surface area (Å²) in [5.74, 6) is -1.64. The molecule has 11 nitrogen and oxygen atoms in total. The second-order valence-corrected chi connectivity index (χ2v) is 19.8. The van der Waals surface area contributed by atoms with Crippen LogP contribution in [0.5, 0.6) is 0 Å². The largest absolute Gasteiger partial charge is 0.472 e. The topological polar surface area (TPSA) is 155 Å². The molecule has 0 aromatic carbocycles. The van der Waals surface area contributed by atoms with Crippen molar-refractivity contribution in [2.24, 2.45) is 0 Å². The number of carbonyl (C=O) groups excluding carboxylic acids is 3. The highest BCUT2D eigenvalue weighted by Crippen LogP contribution is 2.43. The van der Waals surface area contributed by atoms with Crippen LogP contribution in [0.4, 0.5) is 0 Å². The van der Waals surface area contributed by atoms with E-state index in [1.807, 2.05) is 18.2 Å². The highest BCUT2D eigenvalue weighted by Gasteiger charge is 2.28. The lowest BCUT2D eigenvalue weighted by Gasteiger charge is -2.21. The van der Waals surface area contributed by atoms with Gasteiger partial charge in [-0.3, -0.25) is 23.4 Å². The van der Waals surface area contributed by atoms with Crippen LogP contribution < -0.4 is 0 Å². The average Bonchev–Trinajstić information content (AvgIpc) is 3.37. The van der Waals surface area contributed by atoms with Gasteiger partial charge in [-0.15, -0.1) is 0 Å². The third-order valence-electron chi connectivity index (χ3n) is 11.5. The molecular weight excluding hydrogens is 928 g/mol. The van der Waals surface area contributed by atoms with Gasteiger partial charge in [-0.25, -0.2) is 4.57 Å². The first kappa shape index (κ1) is 68.4. The summed E-state index contributed by atoms with van der Waals surface area (Å²) in [5.41, 5.74) is 0. The zero-order valence-electron chi connectivity index (χ0n) is 45.4. The third kappa shape index (κ3) is 51.3. The van der Waals surface area contributed by atoms with Crippen LogP contribution in [0.2, 0.25) is 0 Å². The third-order valence-corrected chi connectivity index (χ3v) is 12.5. The molecule has 0 amide bonds. The van der Waals surface area contributed by atoms with E-state index in [1.54, 1.807) is 6.08 Å². The zero-order valence-corrected chi connectivity index (χ0v) is 46.3. The predicted octanol–water partition coefficient (Wildman–Crippen LogP) is 16.5. The molecule has 0 spiro atoms. The van der Waals surface area contributed by atoms with Crippen LogP contribution in [0.1, 0.15) is 226 Å². The number of phosphoric acid groups is 1. The zero-order chi connectivity index (χ0) is 52.7. The molecular formula is C60H101O11P. The Morgan fingerprint density at radius 3 is 1.22 bits per heavy atom. The first-order valence-electron chi connectivity index (χ1n) is 28.1. The second-order valence-electron chi connectivity index (χ2n) is 18.4. The number of rotatable bonds is 51. The van der Waals surface area contributed by atoms with Gasteiger partial charge in [-0.2, -0.15) is 0 Å². The predicted molar refractivity (Wildman–Crippen MR) is 297 cm³/mol. The molecule has 0 saturated heterocycles. The van der Waals surface area contributed by atoms with Crippen LogP contribution in [-0.2, 0) is 42.2 Å². The molecule has 0 bridgehead atoms. The van der Waals surface area contributed by atoms with E-state index in [0.717, 1.165) is 96.3 Å². The highest BCUT2D eigenvalue weighted by molar-refractivity contribution is 7.47. The molecule has 2 N–H and O–H groups in total. The maximum absolute atomic E-state index is 12.9. The van der Waals surface area contributed by atoms with Crippen LogP contribution in [0.15, 0.2) is 97.2 Å². The fraction of sp³-hybridized carbons (Fsp3) is 0.683. The van der Waals surface area contributed by atoms with E-state index in [2.05, 4.69) is 93.7 Å².